The zero-order valence-corrected chi connectivity index (χ0v) is 18.7. The third-order valence-corrected chi connectivity index (χ3v) is 5.94. The number of fused-ring (bicyclic) bond motifs is 3. The molecule has 1 aliphatic heterocycles. The van der Waals surface area contributed by atoms with Gasteiger partial charge >= 0.3 is 0 Å². The van der Waals surface area contributed by atoms with E-state index in [1.165, 1.54) is 0 Å². The van der Waals surface area contributed by atoms with Gasteiger partial charge in [0.2, 0.25) is 0 Å². The van der Waals surface area contributed by atoms with Gasteiger partial charge in [-0.15, -0.1) is 0 Å². The number of hydrogen-bond acceptors (Lipinski definition) is 4. The van der Waals surface area contributed by atoms with Crippen LogP contribution in [0, 0.1) is 5.41 Å². The van der Waals surface area contributed by atoms with E-state index in [0.29, 0.717) is 13.2 Å². The van der Waals surface area contributed by atoms with Crippen molar-refractivity contribution >= 4 is 37.9 Å². The second kappa shape index (κ2) is 7.39. The molecular weight excluding hydrogens is 418 g/mol. The van der Waals surface area contributed by atoms with Crippen molar-refractivity contribution in [2.24, 2.45) is 5.41 Å². The first-order valence-electron chi connectivity index (χ1n) is 10.0. The van der Waals surface area contributed by atoms with Crippen molar-refractivity contribution in [3.05, 3.63) is 34.7 Å². The standard InChI is InChI=1S/C22H28BrN3O2/c1-5-6-7-19-25-18-11-24-17-10-15(23)8-9-16(17)20(18)26(19)12-22(4)13-27-21(2,3)28-14-22/h8-11H,5-7,12-14H2,1-4H3. The summed E-state index contributed by atoms with van der Waals surface area (Å²) in [5, 5.41) is 1.14. The number of halogens is 1. The molecule has 5 nitrogen and oxygen atoms in total. The minimum atomic E-state index is -0.509. The van der Waals surface area contributed by atoms with Crippen LogP contribution < -0.4 is 0 Å². The molecule has 1 aliphatic rings. The van der Waals surface area contributed by atoms with Gasteiger partial charge in [0, 0.05) is 28.2 Å². The summed E-state index contributed by atoms with van der Waals surface area (Å²) in [6.45, 7) is 10.5. The lowest BCUT2D eigenvalue weighted by Gasteiger charge is -2.41. The average molecular weight is 446 g/mol. The summed E-state index contributed by atoms with van der Waals surface area (Å²) in [4.78, 5) is 9.59. The summed E-state index contributed by atoms with van der Waals surface area (Å²) in [6, 6.07) is 6.27. The Hall–Kier alpha value is -1.50. The molecule has 1 fully saturated rings. The number of imidazole rings is 1. The largest absolute Gasteiger partial charge is 0.350 e. The number of unbranched alkanes of at least 4 members (excludes halogenated alkanes) is 1. The van der Waals surface area contributed by atoms with E-state index < -0.39 is 5.79 Å². The van der Waals surface area contributed by atoms with Crippen molar-refractivity contribution in [2.75, 3.05) is 13.2 Å². The fourth-order valence-electron chi connectivity index (χ4n) is 3.78. The van der Waals surface area contributed by atoms with Crippen molar-refractivity contribution in [1.82, 2.24) is 14.5 Å². The number of aromatic nitrogens is 3. The molecule has 2 aromatic heterocycles. The Labute approximate surface area is 174 Å². The summed E-state index contributed by atoms with van der Waals surface area (Å²) in [7, 11) is 0. The number of pyridine rings is 1. The van der Waals surface area contributed by atoms with E-state index in [1.807, 2.05) is 20.0 Å². The van der Waals surface area contributed by atoms with Gasteiger partial charge in [-0.2, -0.15) is 0 Å². The predicted molar refractivity (Wildman–Crippen MR) is 115 cm³/mol. The molecule has 0 aliphatic carbocycles. The van der Waals surface area contributed by atoms with Crippen LogP contribution >= 0.6 is 15.9 Å². The molecule has 0 N–H and O–H groups in total. The Bertz CT molecular complexity index is 1000. The van der Waals surface area contributed by atoms with Crippen molar-refractivity contribution < 1.29 is 9.47 Å². The van der Waals surface area contributed by atoms with Gasteiger partial charge in [-0.25, -0.2) is 4.98 Å². The van der Waals surface area contributed by atoms with Crippen LogP contribution in [0.25, 0.3) is 21.9 Å². The smallest absolute Gasteiger partial charge is 0.162 e. The highest BCUT2D eigenvalue weighted by Gasteiger charge is 2.37. The summed E-state index contributed by atoms with van der Waals surface area (Å²) < 4.78 is 15.4. The monoisotopic (exact) mass is 445 g/mol. The van der Waals surface area contributed by atoms with Gasteiger partial charge in [-0.05, 0) is 38.5 Å². The number of hydrogen-bond donors (Lipinski definition) is 0. The van der Waals surface area contributed by atoms with E-state index in [1.54, 1.807) is 0 Å². The number of nitrogens with zero attached hydrogens (tertiary/aromatic N) is 3. The minimum Gasteiger partial charge on any atom is -0.350 e. The van der Waals surface area contributed by atoms with E-state index in [-0.39, 0.29) is 5.41 Å². The number of rotatable bonds is 5. The molecular formula is C22H28BrN3O2. The number of aryl methyl sites for hydroxylation is 1. The van der Waals surface area contributed by atoms with Gasteiger partial charge in [0.15, 0.2) is 5.79 Å². The summed E-state index contributed by atoms with van der Waals surface area (Å²) >= 11 is 3.56. The van der Waals surface area contributed by atoms with Crippen LogP contribution in [-0.2, 0) is 22.4 Å². The average Bonchev–Trinajstić information content (AvgIpc) is 3.00. The second-order valence-corrected chi connectivity index (χ2v) is 9.57. The fraction of sp³-hybridized carbons (Fsp3) is 0.545. The lowest BCUT2D eigenvalue weighted by atomic mass is 9.91. The Morgan fingerprint density at radius 3 is 2.61 bits per heavy atom. The first kappa shape index (κ1) is 19.8. The van der Waals surface area contributed by atoms with Crippen molar-refractivity contribution in [3.8, 4) is 0 Å². The molecule has 0 radical (unpaired) electrons. The SMILES string of the molecule is CCCCc1nc2cnc3cc(Br)ccc3c2n1CC1(C)COC(C)(C)OC1. The first-order valence-corrected chi connectivity index (χ1v) is 10.8. The molecule has 0 atom stereocenters. The molecule has 4 rings (SSSR count). The molecule has 0 bridgehead atoms. The van der Waals surface area contributed by atoms with Crippen LogP contribution in [0.2, 0.25) is 0 Å². The molecule has 3 aromatic rings. The molecule has 0 unspecified atom stereocenters. The highest BCUT2D eigenvalue weighted by Crippen LogP contribution is 2.34. The van der Waals surface area contributed by atoms with E-state index in [0.717, 1.165) is 58.0 Å². The highest BCUT2D eigenvalue weighted by molar-refractivity contribution is 9.10. The molecule has 3 heterocycles. The molecule has 1 saturated heterocycles. The van der Waals surface area contributed by atoms with E-state index in [4.69, 9.17) is 14.5 Å². The third kappa shape index (κ3) is 3.82. The van der Waals surface area contributed by atoms with Crippen LogP contribution in [0.4, 0.5) is 0 Å². The van der Waals surface area contributed by atoms with Crippen LogP contribution in [0.15, 0.2) is 28.9 Å². The Morgan fingerprint density at radius 1 is 1.14 bits per heavy atom. The molecule has 1 aromatic carbocycles. The summed E-state index contributed by atoms with van der Waals surface area (Å²) in [6.07, 6.45) is 5.13. The third-order valence-electron chi connectivity index (χ3n) is 5.44. The van der Waals surface area contributed by atoms with Crippen LogP contribution in [0.5, 0.6) is 0 Å². The molecule has 0 amide bonds. The van der Waals surface area contributed by atoms with Crippen molar-refractivity contribution in [2.45, 2.75) is 59.3 Å². The van der Waals surface area contributed by atoms with Crippen molar-refractivity contribution in [3.63, 3.8) is 0 Å². The zero-order chi connectivity index (χ0) is 19.9. The molecule has 150 valence electrons. The predicted octanol–water partition coefficient (Wildman–Crippen LogP) is 5.48. The summed E-state index contributed by atoms with van der Waals surface area (Å²) in [5.74, 6) is 0.616. The van der Waals surface area contributed by atoms with E-state index in [2.05, 4.69) is 57.5 Å². The van der Waals surface area contributed by atoms with Crippen LogP contribution in [-0.4, -0.2) is 33.5 Å². The molecule has 28 heavy (non-hydrogen) atoms. The lowest BCUT2D eigenvalue weighted by Crippen LogP contribution is -2.47. The zero-order valence-electron chi connectivity index (χ0n) is 17.1. The van der Waals surface area contributed by atoms with E-state index in [9.17, 15) is 0 Å². The molecule has 6 heteroatoms. The maximum Gasteiger partial charge on any atom is 0.162 e. The van der Waals surface area contributed by atoms with E-state index >= 15 is 0 Å². The van der Waals surface area contributed by atoms with Crippen molar-refractivity contribution in [1.29, 1.82) is 0 Å². The van der Waals surface area contributed by atoms with Gasteiger partial charge in [-0.3, -0.25) is 4.98 Å². The van der Waals surface area contributed by atoms with Gasteiger partial charge in [-0.1, -0.05) is 36.2 Å². The maximum atomic E-state index is 5.99. The van der Waals surface area contributed by atoms with Gasteiger partial charge in [0.1, 0.15) is 11.3 Å². The van der Waals surface area contributed by atoms with Crippen LogP contribution in [0.1, 0.15) is 46.4 Å². The summed E-state index contributed by atoms with van der Waals surface area (Å²) in [5.41, 5.74) is 3.00. The van der Waals surface area contributed by atoms with Gasteiger partial charge < -0.3 is 14.0 Å². The topological polar surface area (TPSA) is 49.2 Å². The van der Waals surface area contributed by atoms with Crippen LogP contribution in [0.3, 0.4) is 0 Å². The fourth-order valence-corrected chi connectivity index (χ4v) is 4.13. The Kier molecular flexibility index (Phi) is 5.23. The number of ether oxygens (including phenoxy) is 2. The highest BCUT2D eigenvalue weighted by atomic mass is 79.9. The first-order chi connectivity index (χ1) is 13.3. The maximum absolute atomic E-state index is 5.99. The normalized spacial score (nSPS) is 18.8. The lowest BCUT2D eigenvalue weighted by molar-refractivity contribution is -0.284. The quantitative estimate of drug-likeness (QED) is 0.521. The van der Waals surface area contributed by atoms with Gasteiger partial charge in [0.05, 0.1) is 30.4 Å². The molecule has 0 saturated carbocycles. The Morgan fingerprint density at radius 2 is 1.89 bits per heavy atom. The van der Waals surface area contributed by atoms with Gasteiger partial charge in [0.25, 0.3) is 0 Å². The second-order valence-electron chi connectivity index (χ2n) is 8.66. The Balaban J connectivity index is 1.82. The molecule has 0 spiro atoms. The minimum absolute atomic E-state index is 0.102. The number of benzene rings is 1.